The van der Waals surface area contributed by atoms with E-state index < -0.39 is 15.9 Å². The van der Waals surface area contributed by atoms with Gasteiger partial charge in [-0.1, -0.05) is 35.3 Å². The monoisotopic (exact) mass is 435 g/mol. The quantitative estimate of drug-likeness (QED) is 0.604. The molecule has 0 aliphatic heterocycles. The highest BCUT2D eigenvalue weighted by atomic mass is 35.5. The molecule has 0 radical (unpaired) electrons. The minimum absolute atomic E-state index is 0.0383. The molecule has 3 aromatic rings. The van der Waals surface area contributed by atoms with Crippen LogP contribution < -0.4 is 10.0 Å². The van der Waals surface area contributed by atoms with Gasteiger partial charge in [0.05, 0.1) is 5.02 Å². The molecule has 0 saturated carbocycles. The number of nitrogens with zero attached hydrogens (tertiary/aromatic N) is 1. The molecule has 0 aliphatic carbocycles. The van der Waals surface area contributed by atoms with Crippen LogP contribution in [0.1, 0.15) is 16.1 Å². The number of pyridine rings is 1. The second kappa shape index (κ2) is 8.18. The Labute approximate surface area is 172 Å². The van der Waals surface area contributed by atoms with Crippen molar-refractivity contribution < 1.29 is 13.2 Å². The van der Waals surface area contributed by atoms with Crippen molar-refractivity contribution in [2.45, 2.75) is 11.8 Å². The Morgan fingerprint density at radius 1 is 1.00 bits per heavy atom. The van der Waals surface area contributed by atoms with Gasteiger partial charge in [0.15, 0.2) is 0 Å². The van der Waals surface area contributed by atoms with Crippen molar-refractivity contribution in [3.8, 4) is 0 Å². The summed E-state index contributed by atoms with van der Waals surface area (Å²) in [5.41, 5.74) is 1.24. The normalized spacial score (nSPS) is 11.1. The standard InChI is InChI=1S/C19H15Cl2N3O3S/c1-12-4-2-7-18(22-12)23-19(25)13-5-3-6-15(10-13)24-28(26,27)17-11-14(20)8-9-16(17)21/h2-11,24H,1H3,(H,22,23,25). The maximum absolute atomic E-state index is 12.6. The molecule has 28 heavy (non-hydrogen) atoms. The molecule has 9 heteroatoms. The highest BCUT2D eigenvalue weighted by Gasteiger charge is 2.19. The summed E-state index contributed by atoms with van der Waals surface area (Å²) in [5.74, 6) is -0.0124. The number of rotatable bonds is 5. The summed E-state index contributed by atoms with van der Waals surface area (Å²) in [6.07, 6.45) is 0. The molecule has 0 spiro atoms. The number of hydrogen-bond acceptors (Lipinski definition) is 4. The lowest BCUT2D eigenvalue weighted by atomic mass is 10.2. The fourth-order valence-electron chi connectivity index (χ4n) is 2.42. The van der Waals surface area contributed by atoms with E-state index in [1.54, 1.807) is 24.3 Å². The molecule has 0 bridgehead atoms. The highest BCUT2D eigenvalue weighted by molar-refractivity contribution is 7.92. The van der Waals surface area contributed by atoms with Gasteiger partial charge >= 0.3 is 0 Å². The maximum atomic E-state index is 12.6. The van der Waals surface area contributed by atoms with E-state index in [9.17, 15) is 13.2 Å². The van der Waals surface area contributed by atoms with Crippen LogP contribution >= 0.6 is 23.2 Å². The molecule has 0 atom stereocenters. The number of halogens is 2. The molecule has 0 unspecified atom stereocenters. The molecule has 3 rings (SSSR count). The third kappa shape index (κ3) is 4.81. The number of anilines is 2. The molecule has 0 fully saturated rings. The zero-order valence-electron chi connectivity index (χ0n) is 14.6. The Hall–Kier alpha value is -2.61. The van der Waals surface area contributed by atoms with E-state index >= 15 is 0 Å². The van der Waals surface area contributed by atoms with Crippen molar-refractivity contribution in [1.82, 2.24) is 4.98 Å². The predicted octanol–water partition coefficient (Wildman–Crippen LogP) is 4.75. The van der Waals surface area contributed by atoms with Crippen LogP contribution in [0.3, 0.4) is 0 Å². The van der Waals surface area contributed by atoms with E-state index in [0.29, 0.717) is 5.82 Å². The lowest BCUT2D eigenvalue weighted by Crippen LogP contribution is -2.16. The average molecular weight is 436 g/mol. The van der Waals surface area contributed by atoms with E-state index in [1.165, 1.54) is 30.3 Å². The smallest absolute Gasteiger partial charge is 0.263 e. The maximum Gasteiger partial charge on any atom is 0.263 e. The van der Waals surface area contributed by atoms with Gasteiger partial charge in [-0.15, -0.1) is 0 Å². The Bertz CT molecular complexity index is 1150. The first-order valence-electron chi connectivity index (χ1n) is 8.07. The van der Waals surface area contributed by atoms with Crippen LogP contribution in [0.2, 0.25) is 10.0 Å². The summed E-state index contributed by atoms with van der Waals surface area (Å²) >= 11 is 11.9. The van der Waals surface area contributed by atoms with Crippen molar-refractivity contribution in [2.75, 3.05) is 10.0 Å². The summed E-state index contributed by atoms with van der Waals surface area (Å²) in [7, 11) is -3.98. The van der Waals surface area contributed by atoms with Crippen LogP contribution in [0, 0.1) is 6.92 Å². The lowest BCUT2D eigenvalue weighted by Gasteiger charge is -2.11. The number of aryl methyl sites for hydroxylation is 1. The second-order valence-electron chi connectivity index (χ2n) is 5.88. The van der Waals surface area contributed by atoms with Crippen molar-refractivity contribution in [2.24, 2.45) is 0 Å². The number of sulfonamides is 1. The van der Waals surface area contributed by atoms with Crippen molar-refractivity contribution >= 4 is 50.6 Å². The average Bonchev–Trinajstić information content (AvgIpc) is 2.63. The van der Waals surface area contributed by atoms with Crippen molar-refractivity contribution in [3.63, 3.8) is 0 Å². The minimum Gasteiger partial charge on any atom is -0.307 e. The van der Waals surface area contributed by atoms with Gasteiger partial charge in [0.1, 0.15) is 10.7 Å². The molecule has 2 N–H and O–H groups in total. The van der Waals surface area contributed by atoms with E-state index in [2.05, 4.69) is 15.0 Å². The van der Waals surface area contributed by atoms with Crippen LogP contribution in [-0.2, 0) is 10.0 Å². The number of carbonyl (C=O) groups is 1. The van der Waals surface area contributed by atoms with E-state index in [4.69, 9.17) is 23.2 Å². The first-order chi connectivity index (χ1) is 13.2. The van der Waals surface area contributed by atoms with Gasteiger partial charge in [-0.2, -0.15) is 0 Å². The molecule has 1 aromatic heterocycles. The van der Waals surface area contributed by atoms with Gasteiger partial charge in [-0.05, 0) is 55.5 Å². The van der Waals surface area contributed by atoms with Gasteiger partial charge in [-0.25, -0.2) is 13.4 Å². The molecular weight excluding hydrogens is 421 g/mol. The fraction of sp³-hybridized carbons (Fsp3) is 0.0526. The zero-order chi connectivity index (χ0) is 20.3. The van der Waals surface area contributed by atoms with Gasteiger partial charge in [-0.3, -0.25) is 9.52 Å². The Kier molecular flexibility index (Phi) is 5.88. The molecule has 6 nitrogen and oxygen atoms in total. The van der Waals surface area contributed by atoms with Crippen LogP contribution in [0.5, 0.6) is 0 Å². The Morgan fingerprint density at radius 2 is 1.75 bits per heavy atom. The van der Waals surface area contributed by atoms with Crippen LogP contribution in [0.4, 0.5) is 11.5 Å². The Balaban J connectivity index is 1.83. The van der Waals surface area contributed by atoms with Gasteiger partial charge < -0.3 is 5.32 Å². The van der Waals surface area contributed by atoms with Crippen LogP contribution in [0.15, 0.2) is 65.6 Å². The lowest BCUT2D eigenvalue weighted by molar-refractivity contribution is 0.102. The first-order valence-corrected chi connectivity index (χ1v) is 10.3. The van der Waals surface area contributed by atoms with E-state index in [1.807, 2.05) is 13.0 Å². The molecule has 1 amide bonds. The van der Waals surface area contributed by atoms with Crippen LogP contribution in [-0.4, -0.2) is 19.3 Å². The summed E-state index contributed by atoms with van der Waals surface area (Å²) < 4.78 is 27.6. The second-order valence-corrected chi connectivity index (χ2v) is 8.37. The van der Waals surface area contributed by atoms with Gasteiger partial charge in [0.2, 0.25) is 0 Å². The van der Waals surface area contributed by atoms with Gasteiger partial charge in [0, 0.05) is 22.0 Å². The SMILES string of the molecule is Cc1cccc(NC(=O)c2cccc(NS(=O)(=O)c3cc(Cl)ccc3Cl)c2)n1. The molecular formula is C19H15Cl2N3O3S. The predicted molar refractivity (Wildman–Crippen MR) is 111 cm³/mol. The third-order valence-electron chi connectivity index (χ3n) is 3.69. The zero-order valence-corrected chi connectivity index (χ0v) is 16.9. The largest absolute Gasteiger partial charge is 0.307 e. The minimum atomic E-state index is -3.98. The first kappa shape index (κ1) is 20.1. The number of amides is 1. The molecule has 1 heterocycles. The van der Waals surface area contributed by atoms with Crippen molar-refractivity contribution in [1.29, 1.82) is 0 Å². The molecule has 144 valence electrons. The third-order valence-corrected chi connectivity index (χ3v) is 5.79. The fourth-order valence-corrected chi connectivity index (χ4v) is 4.23. The Morgan fingerprint density at radius 3 is 2.50 bits per heavy atom. The number of aromatic nitrogens is 1. The summed E-state index contributed by atoms with van der Waals surface area (Å²) in [6, 6.07) is 15.5. The highest BCUT2D eigenvalue weighted by Crippen LogP contribution is 2.27. The molecule has 0 saturated heterocycles. The van der Waals surface area contributed by atoms with Crippen LogP contribution in [0.25, 0.3) is 0 Å². The summed E-state index contributed by atoms with van der Waals surface area (Å²) in [5, 5.41) is 2.95. The summed E-state index contributed by atoms with van der Waals surface area (Å²) in [4.78, 5) is 16.5. The molecule has 0 aliphatic rings. The van der Waals surface area contributed by atoms with E-state index in [0.717, 1.165) is 5.69 Å². The van der Waals surface area contributed by atoms with Gasteiger partial charge in [0.25, 0.3) is 15.9 Å². The molecule has 2 aromatic carbocycles. The number of carbonyl (C=O) groups excluding carboxylic acids is 1. The van der Waals surface area contributed by atoms with Crippen molar-refractivity contribution in [3.05, 3.63) is 82.0 Å². The number of hydrogen-bond donors (Lipinski definition) is 2. The topological polar surface area (TPSA) is 88.2 Å². The number of benzene rings is 2. The number of nitrogens with one attached hydrogen (secondary N) is 2. The summed E-state index contributed by atoms with van der Waals surface area (Å²) in [6.45, 7) is 1.81. The van der Waals surface area contributed by atoms with E-state index in [-0.39, 0.29) is 26.2 Å².